The van der Waals surface area contributed by atoms with E-state index in [1.807, 2.05) is 16.9 Å². The lowest BCUT2D eigenvalue weighted by Crippen LogP contribution is -2.28. The summed E-state index contributed by atoms with van der Waals surface area (Å²) in [6.07, 6.45) is 12.8. The van der Waals surface area contributed by atoms with Gasteiger partial charge in [-0.15, -0.1) is 0 Å². The Morgan fingerprint density at radius 2 is 2.00 bits per heavy atom. The van der Waals surface area contributed by atoms with E-state index in [2.05, 4.69) is 13.8 Å². The first kappa shape index (κ1) is 27.5. The molecule has 1 aliphatic rings. The lowest BCUT2D eigenvalue weighted by Gasteiger charge is -2.18. The number of carbonyl (C=O) groups is 2. The van der Waals surface area contributed by atoms with Crippen LogP contribution in [-0.4, -0.2) is 48.8 Å². The molecule has 1 aliphatic carbocycles. The molecule has 0 radical (unpaired) electrons. The molecule has 0 aliphatic heterocycles. The molecule has 0 aromatic carbocycles. The Labute approximate surface area is 187 Å². The average Bonchev–Trinajstić information content (AvgIpc) is 2.92. The smallest absolute Gasteiger partial charge is 0.233 e. The Balaban J connectivity index is 2.48. The predicted molar refractivity (Wildman–Crippen MR) is 122 cm³/mol. The third kappa shape index (κ3) is 11.6. The van der Waals surface area contributed by atoms with Crippen molar-refractivity contribution in [2.75, 3.05) is 6.26 Å². The van der Waals surface area contributed by atoms with Gasteiger partial charge in [0.2, 0.25) is 15.9 Å². The van der Waals surface area contributed by atoms with Crippen LogP contribution in [-0.2, 0) is 19.6 Å². The van der Waals surface area contributed by atoms with E-state index in [4.69, 9.17) is 0 Å². The number of hydrogen-bond acceptors (Lipinski definition) is 6. The molecule has 1 saturated carbocycles. The number of allylic oxidation sites excluding steroid dienone is 3. The van der Waals surface area contributed by atoms with E-state index in [1.165, 1.54) is 0 Å². The van der Waals surface area contributed by atoms with Gasteiger partial charge in [-0.1, -0.05) is 57.4 Å². The van der Waals surface area contributed by atoms with Crippen molar-refractivity contribution in [3.63, 3.8) is 0 Å². The maximum atomic E-state index is 12.3. The molecule has 7 nitrogen and oxygen atoms in total. The van der Waals surface area contributed by atoms with Crippen molar-refractivity contribution in [2.24, 2.45) is 17.8 Å². The maximum absolute atomic E-state index is 12.3. The number of carbonyl (C=O) groups excluding carboxylic acids is 2. The number of ketones is 1. The van der Waals surface area contributed by atoms with Crippen LogP contribution >= 0.6 is 0 Å². The molecule has 8 heteroatoms. The standard InChI is InChI=1S/C23H39NO6S/c1-4-5-10-17(2)15-18(25)13-14-20-19(21(26)16-22(20)27)11-8-6-7-9-12-23(28)24-31(3,29)30/h6,8,13-14,17-21,25-26H,4-5,7,9-12,15-16H2,1-3H3,(H,24,28)/b8-6-,14-13+/t17-,18+,19+,20+,21-/m0/s1. The zero-order chi connectivity index (χ0) is 23.4. The molecule has 0 saturated heterocycles. The largest absolute Gasteiger partial charge is 0.392 e. The Bertz CT molecular complexity index is 730. The van der Waals surface area contributed by atoms with Gasteiger partial charge in [0.15, 0.2) is 0 Å². The second-order valence-electron chi connectivity index (χ2n) is 8.76. The van der Waals surface area contributed by atoms with Crippen molar-refractivity contribution in [1.82, 2.24) is 4.72 Å². The number of hydrogen-bond donors (Lipinski definition) is 3. The van der Waals surface area contributed by atoms with Crippen LogP contribution < -0.4 is 4.72 Å². The van der Waals surface area contributed by atoms with Crippen molar-refractivity contribution in [3.05, 3.63) is 24.3 Å². The fourth-order valence-corrected chi connectivity index (χ4v) is 4.46. The van der Waals surface area contributed by atoms with Crippen LogP contribution in [0, 0.1) is 17.8 Å². The predicted octanol–water partition coefficient (Wildman–Crippen LogP) is 2.88. The summed E-state index contributed by atoms with van der Waals surface area (Å²) in [6.45, 7) is 4.26. The van der Waals surface area contributed by atoms with Gasteiger partial charge in [0.1, 0.15) is 5.78 Å². The number of Topliss-reactive ketones (excluding diaryl/α,β-unsaturated/α-hetero) is 1. The maximum Gasteiger partial charge on any atom is 0.233 e. The molecule has 1 rings (SSSR count). The van der Waals surface area contributed by atoms with Gasteiger partial charge >= 0.3 is 0 Å². The van der Waals surface area contributed by atoms with Gasteiger partial charge in [0.05, 0.1) is 18.5 Å². The van der Waals surface area contributed by atoms with Crippen LogP contribution in [0.3, 0.4) is 0 Å². The average molecular weight is 458 g/mol. The Kier molecular flexibility index (Phi) is 12.3. The number of aliphatic hydroxyl groups excluding tert-OH is 2. The van der Waals surface area contributed by atoms with Crippen molar-refractivity contribution < 1.29 is 28.2 Å². The number of rotatable bonds is 14. The van der Waals surface area contributed by atoms with Gasteiger partial charge < -0.3 is 10.2 Å². The molecule has 5 atom stereocenters. The fourth-order valence-electron chi connectivity index (χ4n) is 3.94. The fraction of sp³-hybridized carbons (Fsp3) is 0.739. The molecule has 0 bridgehead atoms. The van der Waals surface area contributed by atoms with E-state index in [0.717, 1.165) is 25.5 Å². The number of nitrogens with one attached hydrogen (secondary N) is 1. The van der Waals surface area contributed by atoms with Crippen molar-refractivity contribution in [2.45, 2.75) is 83.8 Å². The monoisotopic (exact) mass is 457 g/mol. The molecule has 0 spiro atoms. The minimum absolute atomic E-state index is 0.00849. The van der Waals surface area contributed by atoms with E-state index in [1.54, 1.807) is 12.2 Å². The second-order valence-corrected chi connectivity index (χ2v) is 10.5. The zero-order valence-corrected chi connectivity index (χ0v) is 19.8. The number of aliphatic hydroxyl groups is 2. The molecular formula is C23H39NO6S. The van der Waals surface area contributed by atoms with Gasteiger partial charge in [0.25, 0.3) is 0 Å². The van der Waals surface area contributed by atoms with E-state index in [-0.39, 0.29) is 24.5 Å². The Morgan fingerprint density at radius 1 is 1.29 bits per heavy atom. The topological polar surface area (TPSA) is 121 Å². The van der Waals surface area contributed by atoms with Gasteiger partial charge in [-0.2, -0.15) is 0 Å². The van der Waals surface area contributed by atoms with E-state index < -0.39 is 34.1 Å². The summed E-state index contributed by atoms with van der Waals surface area (Å²) in [5, 5.41) is 20.5. The van der Waals surface area contributed by atoms with E-state index >= 15 is 0 Å². The quantitative estimate of drug-likeness (QED) is 0.272. The third-order valence-corrected chi connectivity index (χ3v) is 6.22. The molecule has 3 N–H and O–H groups in total. The molecule has 1 amide bonds. The Hall–Kier alpha value is -1.51. The lowest BCUT2D eigenvalue weighted by atomic mass is 9.89. The minimum Gasteiger partial charge on any atom is -0.392 e. The molecule has 1 fully saturated rings. The highest BCUT2D eigenvalue weighted by Gasteiger charge is 2.39. The van der Waals surface area contributed by atoms with Gasteiger partial charge in [-0.3, -0.25) is 14.3 Å². The van der Waals surface area contributed by atoms with Crippen molar-refractivity contribution in [3.8, 4) is 0 Å². The zero-order valence-electron chi connectivity index (χ0n) is 19.0. The summed E-state index contributed by atoms with van der Waals surface area (Å²) in [4.78, 5) is 23.7. The summed E-state index contributed by atoms with van der Waals surface area (Å²) in [5.74, 6) is -0.743. The highest BCUT2D eigenvalue weighted by atomic mass is 32.2. The molecule has 0 unspecified atom stereocenters. The highest BCUT2D eigenvalue weighted by Crippen LogP contribution is 2.33. The van der Waals surface area contributed by atoms with E-state index in [9.17, 15) is 28.2 Å². The normalized spacial score (nSPS) is 24.2. The molecule has 0 aromatic rings. The summed E-state index contributed by atoms with van der Waals surface area (Å²) in [6, 6.07) is 0. The number of amides is 1. The van der Waals surface area contributed by atoms with Crippen LogP contribution in [0.2, 0.25) is 0 Å². The van der Waals surface area contributed by atoms with Gasteiger partial charge in [0, 0.05) is 24.7 Å². The molecule has 178 valence electrons. The van der Waals surface area contributed by atoms with Gasteiger partial charge in [-0.05, 0) is 31.6 Å². The van der Waals surface area contributed by atoms with Crippen molar-refractivity contribution >= 4 is 21.7 Å². The van der Waals surface area contributed by atoms with Crippen LogP contribution in [0.4, 0.5) is 0 Å². The lowest BCUT2D eigenvalue weighted by molar-refractivity contribution is -0.120. The molecular weight excluding hydrogens is 418 g/mol. The Morgan fingerprint density at radius 3 is 2.65 bits per heavy atom. The summed E-state index contributed by atoms with van der Waals surface area (Å²) >= 11 is 0. The van der Waals surface area contributed by atoms with Gasteiger partial charge in [-0.25, -0.2) is 8.42 Å². The second kappa shape index (κ2) is 13.8. The summed E-state index contributed by atoms with van der Waals surface area (Å²) in [5.41, 5.74) is 0. The first-order valence-electron chi connectivity index (χ1n) is 11.3. The van der Waals surface area contributed by atoms with Crippen LogP contribution in [0.1, 0.15) is 71.6 Å². The minimum atomic E-state index is -3.52. The summed E-state index contributed by atoms with van der Waals surface area (Å²) < 4.78 is 23.9. The molecule has 0 aromatic heterocycles. The van der Waals surface area contributed by atoms with Crippen LogP contribution in [0.25, 0.3) is 0 Å². The third-order valence-electron chi connectivity index (χ3n) is 5.62. The number of unbranched alkanes of at least 4 members (excludes halogenated alkanes) is 2. The summed E-state index contributed by atoms with van der Waals surface area (Å²) in [7, 11) is -3.52. The first-order valence-corrected chi connectivity index (χ1v) is 13.1. The van der Waals surface area contributed by atoms with Crippen LogP contribution in [0.15, 0.2) is 24.3 Å². The molecule has 0 heterocycles. The van der Waals surface area contributed by atoms with E-state index in [0.29, 0.717) is 31.6 Å². The molecule has 31 heavy (non-hydrogen) atoms. The van der Waals surface area contributed by atoms with Crippen molar-refractivity contribution in [1.29, 1.82) is 0 Å². The SMILES string of the molecule is CCCC[C@H](C)C[C@H](O)/C=C/[C@H]1C(=O)C[C@H](O)[C@@H]1C/C=C\CCCC(=O)NS(C)(=O)=O. The number of sulfonamides is 1. The van der Waals surface area contributed by atoms with Crippen LogP contribution in [0.5, 0.6) is 0 Å². The first-order chi connectivity index (χ1) is 14.5. The highest BCUT2D eigenvalue weighted by molar-refractivity contribution is 7.89.